The molecule has 0 atom stereocenters. The summed E-state index contributed by atoms with van der Waals surface area (Å²) in [5, 5.41) is 3.33. The molecular formula is C29H35N5O3. The standard InChI is InChI=1S/C29H35N5O3/c1-6-34(7-2)17-11-16-26(35)21-13-10-14-22(28(21)37-5)31-27-18-24-25(19-30-27)33(4)29(36)20-12-8-9-15-23(20)32(24)3/h8-10,12-15,18-19H,6-7,11,16-17H2,1-5H3,(H,30,31). The number of hydrogen-bond acceptors (Lipinski definition) is 7. The highest BCUT2D eigenvalue weighted by Crippen LogP contribution is 2.40. The van der Waals surface area contributed by atoms with Crippen LogP contribution in [0.5, 0.6) is 5.75 Å². The lowest BCUT2D eigenvalue weighted by Gasteiger charge is -2.23. The molecule has 8 heteroatoms. The summed E-state index contributed by atoms with van der Waals surface area (Å²) >= 11 is 0. The number of ether oxygens (including phenoxy) is 1. The molecule has 0 radical (unpaired) electrons. The number of aromatic nitrogens is 1. The van der Waals surface area contributed by atoms with Crippen molar-refractivity contribution in [2.75, 3.05) is 56.0 Å². The van der Waals surface area contributed by atoms with Crippen molar-refractivity contribution in [3.63, 3.8) is 0 Å². The highest BCUT2D eigenvalue weighted by atomic mass is 16.5. The molecule has 1 N–H and O–H groups in total. The van der Waals surface area contributed by atoms with Crippen LogP contribution in [0.4, 0.5) is 28.6 Å². The summed E-state index contributed by atoms with van der Waals surface area (Å²) in [7, 11) is 5.26. The quantitative estimate of drug-likeness (QED) is 0.368. The first-order valence-corrected chi connectivity index (χ1v) is 12.7. The van der Waals surface area contributed by atoms with Crippen molar-refractivity contribution in [1.82, 2.24) is 9.88 Å². The lowest BCUT2D eigenvalue weighted by molar-refractivity contribution is 0.0970. The second-order valence-corrected chi connectivity index (χ2v) is 9.06. The number of fused-ring (bicyclic) bond motifs is 2. The third-order valence-corrected chi connectivity index (χ3v) is 6.94. The minimum absolute atomic E-state index is 0.0546. The molecule has 0 fully saturated rings. The Morgan fingerprint density at radius 3 is 2.49 bits per heavy atom. The van der Waals surface area contributed by atoms with E-state index in [-0.39, 0.29) is 11.7 Å². The molecule has 0 spiro atoms. The van der Waals surface area contributed by atoms with Crippen LogP contribution in [0.1, 0.15) is 47.4 Å². The average molecular weight is 502 g/mol. The zero-order chi connectivity index (χ0) is 26.5. The molecular weight excluding hydrogens is 466 g/mol. The van der Waals surface area contributed by atoms with Gasteiger partial charge in [-0.2, -0.15) is 0 Å². The van der Waals surface area contributed by atoms with Gasteiger partial charge >= 0.3 is 0 Å². The van der Waals surface area contributed by atoms with E-state index in [1.54, 1.807) is 31.3 Å². The second kappa shape index (κ2) is 11.4. The summed E-state index contributed by atoms with van der Waals surface area (Å²) in [4.78, 5) is 36.6. The minimum atomic E-state index is -0.0856. The molecule has 4 rings (SSSR count). The molecule has 0 saturated carbocycles. The van der Waals surface area contributed by atoms with Gasteiger partial charge in [0, 0.05) is 26.6 Å². The molecule has 1 amide bonds. The Labute approximate surface area is 218 Å². The minimum Gasteiger partial charge on any atom is -0.494 e. The van der Waals surface area contributed by atoms with Crippen LogP contribution < -0.4 is 19.9 Å². The van der Waals surface area contributed by atoms with Gasteiger partial charge in [-0.25, -0.2) is 4.98 Å². The van der Waals surface area contributed by atoms with Crippen LogP contribution >= 0.6 is 0 Å². The average Bonchev–Trinajstić information content (AvgIpc) is 3.00. The predicted octanol–water partition coefficient (Wildman–Crippen LogP) is 5.50. The molecule has 0 aliphatic carbocycles. The number of hydrogen-bond donors (Lipinski definition) is 1. The topological polar surface area (TPSA) is 78.0 Å². The van der Waals surface area contributed by atoms with E-state index in [4.69, 9.17) is 4.74 Å². The van der Waals surface area contributed by atoms with Gasteiger partial charge in [0.2, 0.25) is 0 Å². The van der Waals surface area contributed by atoms with E-state index in [9.17, 15) is 9.59 Å². The zero-order valence-corrected chi connectivity index (χ0v) is 22.2. The number of methoxy groups -OCH3 is 1. The monoisotopic (exact) mass is 501 g/mol. The molecule has 8 nitrogen and oxygen atoms in total. The summed E-state index contributed by atoms with van der Waals surface area (Å²) in [5.74, 6) is 1.05. The maximum atomic E-state index is 13.1. The molecule has 37 heavy (non-hydrogen) atoms. The third-order valence-electron chi connectivity index (χ3n) is 6.94. The summed E-state index contributed by atoms with van der Waals surface area (Å²) in [5.41, 5.74) is 4.21. The maximum Gasteiger partial charge on any atom is 0.260 e. The van der Waals surface area contributed by atoms with Gasteiger partial charge in [0.1, 0.15) is 5.82 Å². The number of para-hydroxylation sites is 2. The maximum absolute atomic E-state index is 13.1. The van der Waals surface area contributed by atoms with E-state index >= 15 is 0 Å². The first kappa shape index (κ1) is 26.2. The van der Waals surface area contributed by atoms with Crippen molar-refractivity contribution in [3.8, 4) is 5.75 Å². The fraction of sp³-hybridized carbons (Fsp3) is 0.345. The Morgan fingerprint density at radius 1 is 1.00 bits per heavy atom. The van der Waals surface area contributed by atoms with Crippen molar-refractivity contribution < 1.29 is 14.3 Å². The van der Waals surface area contributed by atoms with Gasteiger partial charge in [-0.1, -0.05) is 32.0 Å². The third kappa shape index (κ3) is 5.29. The number of amides is 1. The lowest BCUT2D eigenvalue weighted by atomic mass is 10.0. The molecule has 1 aromatic heterocycles. The van der Waals surface area contributed by atoms with E-state index in [0.29, 0.717) is 40.5 Å². The number of nitrogens with zero attached hydrogens (tertiary/aromatic N) is 4. The van der Waals surface area contributed by atoms with Gasteiger partial charge in [-0.3, -0.25) is 9.59 Å². The number of rotatable bonds is 10. The Morgan fingerprint density at radius 2 is 1.76 bits per heavy atom. The van der Waals surface area contributed by atoms with E-state index in [1.807, 2.05) is 54.4 Å². The summed E-state index contributed by atoms with van der Waals surface area (Å²) < 4.78 is 5.69. The van der Waals surface area contributed by atoms with Gasteiger partial charge in [-0.15, -0.1) is 0 Å². The SMILES string of the molecule is CCN(CC)CCCC(=O)c1cccc(Nc2cc3c(cn2)N(C)C(=O)c2ccccc2N3C)c1OC. The summed E-state index contributed by atoms with van der Waals surface area (Å²) in [6.45, 7) is 7.11. The molecule has 3 aromatic rings. The Bertz CT molecular complexity index is 1290. The van der Waals surface area contributed by atoms with E-state index < -0.39 is 0 Å². The van der Waals surface area contributed by atoms with Crippen LogP contribution in [-0.2, 0) is 0 Å². The van der Waals surface area contributed by atoms with Crippen molar-refractivity contribution in [3.05, 3.63) is 65.9 Å². The fourth-order valence-corrected chi connectivity index (χ4v) is 4.75. The van der Waals surface area contributed by atoms with Gasteiger partial charge in [0.25, 0.3) is 5.91 Å². The molecule has 1 aliphatic heterocycles. The number of nitrogens with one attached hydrogen (secondary N) is 1. The highest BCUT2D eigenvalue weighted by molar-refractivity contribution is 6.13. The first-order chi connectivity index (χ1) is 17.9. The largest absolute Gasteiger partial charge is 0.494 e. The highest BCUT2D eigenvalue weighted by Gasteiger charge is 2.28. The number of anilines is 5. The van der Waals surface area contributed by atoms with E-state index in [2.05, 4.69) is 29.0 Å². The normalized spacial score (nSPS) is 12.8. The lowest BCUT2D eigenvalue weighted by Crippen LogP contribution is -2.25. The second-order valence-electron chi connectivity index (χ2n) is 9.06. The summed E-state index contributed by atoms with van der Waals surface area (Å²) in [6, 6.07) is 15.0. The smallest absolute Gasteiger partial charge is 0.260 e. The van der Waals surface area contributed by atoms with Crippen molar-refractivity contribution in [2.45, 2.75) is 26.7 Å². The summed E-state index contributed by atoms with van der Waals surface area (Å²) in [6.07, 6.45) is 2.94. The Hall–Kier alpha value is -3.91. The number of carbonyl (C=O) groups excluding carboxylic acids is 2. The van der Waals surface area contributed by atoms with Gasteiger partial charge in [-0.05, 0) is 50.3 Å². The molecule has 0 unspecified atom stereocenters. The van der Waals surface area contributed by atoms with Gasteiger partial charge in [0.15, 0.2) is 11.5 Å². The molecule has 0 saturated heterocycles. The van der Waals surface area contributed by atoms with Crippen molar-refractivity contribution in [1.29, 1.82) is 0 Å². The predicted molar refractivity (Wildman–Crippen MR) is 149 cm³/mol. The van der Waals surface area contributed by atoms with Crippen LogP contribution in [-0.4, -0.2) is 62.4 Å². The van der Waals surface area contributed by atoms with Gasteiger partial charge < -0.3 is 24.8 Å². The van der Waals surface area contributed by atoms with Crippen molar-refractivity contribution >= 4 is 40.3 Å². The van der Waals surface area contributed by atoms with Crippen LogP contribution in [0.15, 0.2) is 54.7 Å². The molecule has 2 heterocycles. The number of carbonyl (C=O) groups is 2. The van der Waals surface area contributed by atoms with Crippen LogP contribution in [0.3, 0.4) is 0 Å². The molecule has 0 bridgehead atoms. The van der Waals surface area contributed by atoms with E-state index in [1.165, 1.54) is 0 Å². The fourth-order valence-electron chi connectivity index (χ4n) is 4.75. The van der Waals surface area contributed by atoms with Crippen LogP contribution in [0.25, 0.3) is 0 Å². The molecule has 2 aromatic carbocycles. The van der Waals surface area contributed by atoms with Crippen molar-refractivity contribution in [2.24, 2.45) is 0 Å². The number of pyridine rings is 1. The Kier molecular flexibility index (Phi) is 8.08. The first-order valence-electron chi connectivity index (χ1n) is 12.7. The number of benzene rings is 2. The van der Waals surface area contributed by atoms with E-state index in [0.717, 1.165) is 37.4 Å². The number of Topliss-reactive ketones (excluding diaryl/α,β-unsaturated/α-hetero) is 1. The van der Waals surface area contributed by atoms with Crippen LogP contribution in [0.2, 0.25) is 0 Å². The molecule has 194 valence electrons. The zero-order valence-electron chi connectivity index (χ0n) is 22.2. The molecule has 1 aliphatic rings. The Balaban J connectivity index is 1.60. The number of ketones is 1. The van der Waals surface area contributed by atoms with Gasteiger partial charge in [0.05, 0.1) is 47.2 Å². The van der Waals surface area contributed by atoms with Crippen LogP contribution in [0, 0.1) is 0 Å².